The monoisotopic (exact) mass is 261 g/mol. The Bertz CT molecular complexity index is 506. The van der Waals surface area contributed by atoms with Gasteiger partial charge in [-0.1, -0.05) is 0 Å². The van der Waals surface area contributed by atoms with E-state index in [-0.39, 0.29) is 5.97 Å². The first-order valence-corrected chi connectivity index (χ1v) is 6.66. The summed E-state index contributed by atoms with van der Waals surface area (Å²) >= 11 is 0. The highest BCUT2D eigenvalue weighted by Gasteiger charge is 2.38. The predicted octanol–water partition coefficient (Wildman–Crippen LogP) is 1.04. The minimum Gasteiger partial charge on any atom is -0.465 e. The summed E-state index contributed by atoms with van der Waals surface area (Å²) in [5.74, 6) is 0.676. The zero-order valence-electron chi connectivity index (χ0n) is 11.6. The third-order valence-electron chi connectivity index (χ3n) is 4.12. The van der Waals surface area contributed by atoms with Gasteiger partial charge in [0.05, 0.1) is 18.4 Å². The number of nitrogens with one attached hydrogen (secondary N) is 1. The molecule has 0 amide bonds. The number of pyridine rings is 1. The number of hydrogen-bond acceptors (Lipinski definition) is 5. The highest BCUT2D eigenvalue weighted by Crippen LogP contribution is 2.30. The largest absolute Gasteiger partial charge is 0.465 e. The molecule has 0 spiro atoms. The third kappa shape index (κ3) is 1.98. The number of piperazine rings is 1. The Labute approximate surface area is 113 Å². The van der Waals surface area contributed by atoms with Crippen LogP contribution < -0.4 is 10.2 Å². The smallest absolute Gasteiger partial charge is 0.339 e. The summed E-state index contributed by atoms with van der Waals surface area (Å²) in [4.78, 5) is 18.7. The van der Waals surface area contributed by atoms with E-state index in [1.54, 1.807) is 0 Å². The van der Waals surface area contributed by atoms with Crippen molar-refractivity contribution in [2.24, 2.45) is 0 Å². The second kappa shape index (κ2) is 4.49. The van der Waals surface area contributed by atoms with Crippen molar-refractivity contribution in [3.8, 4) is 0 Å². The molecule has 19 heavy (non-hydrogen) atoms. The SMILES string of the molecule is COC(=O)c1c(C)cc(N2C[C@@H]3C[C@H]2CN3)nc1C. The van der Waals surface area contributed by atoms with Crippen LogP contribution in [-0.2, 0) is 4.74 Å². The van der Waals surface area contributed by atoms with Gasteiger partial charge in [-0.05, 0) is 31.9 Å². The lowest BCUT2D eigenvalue weighted by atomic mass is 10.1. The number of methoxy groups -OCH3 is 1. The van der Waals surface area contributed by atoms with Crippen molar-refractivity contribution < 1.29 is 9.53 Å². The number of aryl methyl sites for hydroxylation is 2. The van der Waals surface area contributed by atoms with E-state index in [1.807, 2.05) is 19.9 Å². The summed E-state index contributed by atoms with van der Waals surface area (Å²) in [5.41, 5.74) is 2.27. The maximum Gasteiger partial charge on any atom is 0.339 e. The Balaban J connectivity index is 1.94. The van der Waals surface area contributed by atoms with Gasteiger partial charge in [0, 0.05) is 25.2 Å². The number of ether oxygens (including phenoxy) is 1. The highest BCUT2D eigenvalue weighted by atomic mass is 16.5. The molecule has 0 saturated carbocycles. The molecular weight excluding hydrogens is 242 g/mol. The van der Waals surface area contributed by atoms with Crippen molar-refractivity contribution in [3.63, 3.8) is 0 Å². The molecule has 5 heteroatoms. The lowest BCUT2D eigenvalue weighted by Gasteiger charge is -2.29. The standard InChI is InChI=1S/C14H19N3O2/c1-8-4-12(16-9(2)13(8)14(18)19-3)17-7-10-5-11(17)6-15-10/h4,10-11,15H,5-7H2,1-3H3/t10-,11-/m0/s1. The molecule has 2 saturated heterocycles. The number of carbonyl (C=O) groups excluding carboxylic acids is 1. The zero-order chi connectivity index (χ0) is 13.6. The van der Waals surface area contributed by atoms with E-state index in [0.29, 0.717) is 17.6 Å². The van der Waals surface area contributed by atoms with E-state index < -0.39 is 0 Å². The molecule has 1 N–H and O–H groups in total. The molecule has 2 atom stereocenters. The molecular formula is C14H19N3O2. The van der Waals surface area contributed by atoms with Crippen LogP contribution in [0.2, 0.25) is 0 Å². The van der Waals surface area contributed by atoms with Crippen molar-refractivity contribution in [2.75, 3.05) is 25.1 Å². The fourth-order valence-corrected chi connectivity index (χ4v) is 3.21. The highest BCUT2D eigenvalue weighted by molar-refractivity contribution is 5.92. The Kier molecular flexibility index (Phi) is 2.93. The first-order chi connectivity index (χ1) is 9.10. The lowest BCUT2D eigenvalue weighted by molar-refractivity contribution is 0.0598. The first kappa shape index (κ1) is 12.4. The average Bonchev–Trinajstić information content (AvgIpc) is 2.99. The van der Waals surface area contributed by atoms with Gasteiger partial charge in [0.25, 0.3) is 0 Å². The molecule has 2 bridgehead atoms. The predicted molar refractivity (Wildman–Crippen MR) is 72.6 cm³/mol. The molecule has 2 aliphatic heterocycles. The third-order valence-corrected chi connectivity index (χ3v) is 4.12. The van der Waals surface area contributed by atoms with Crippen molar-refractivity contribution in [3.05, 3.63) is 22.9 Å². The molecule has 102 valence electrons. The molecule has 0 aliphatic carbocycles. The lowest BCUT2D eigenvalue weighted by Crippen LogP contribution is -2.44. The summed E-state index contributed by atoms with van der Waals surface area (Å²) in [6.45, 7) is 5.85. The van der Waals surface area contributed by atoms with Crippen LogP contribution in [0, 0.1) is 13.8 Å². The maximum absolute atomic E-state index is 11.7. The van der Waals surface area contributed by atoms with Crippen LogP contribution in [0.25, 0.3) is 0 Å². The van der Waals surface area contributed by atoms with Gasteiger partial charge in [0.15, 0.2) is 0 Å². The summed E-state index contributed by atoms with van der Waals surface area (Å²) in [6.07, 6.45) is 1.19. The summed E-state index contributed by atoms with van der Waals surface area (Å²) in [6, 6.07) is 3.13. The number of fused-ring (bicyclic) bond motifs is 2. The van der Waals surface area contributed by atoms with Gasteiger partial charge >= 0.3 is 5.97 Å². The Morgan fingerprint density at radius 2 is 2.32 bits per heavy atom. The number of anilines is 1. The van der Waals surface area contributed by atoms with Crippen LogP contribution in [-0.4, -0.2) is 43.2 Å². The molecule has 0 unspecified atom stereocenters. The summed E-state index contributed by atoms with van der Waals surface area (Å²) in [5, 5.41) is 3.48. The van der Waals surface area contributed by atoms with Crippen LogP contribution in [0.4, 0.5) is 5.82 Å². The maximum atomic E-state index is 11.7. The fraction of sp³-hybridized carbons (Fsp3) is 0.571. The number of aromatic nitrogens is 1. The number of nitrogens with zero attached hydrogens (tertiary/aromatic N) is 2. The molecule has 0 radical (unpaired) electrons. The molecule has 1 aromatic heterocycles. The topological polar surface area (TPSA) is 54.5 Å². The zero-order valence-corrected chi connectivity index (χ0v) is 11.6. The van der Waals surface area contributed by atoms with Crippen LogP contribution in [0.3, 0.4) is 0 Å². The van der Waals surface area contributed by atoms with Gasteiger partial charge in [-0.3, -0.25) is 0 Å². The van der Waals surface area contributed by atoms with Crippen molar-refractivity contribution >= 4 is 11.8 Å². The normalized spacial score (nSPS) is 24.9. The fourth-order valence-electron chi connectivity index (χ4n) is 3.21. The molecule has 3 heterocycles. The van der Waals surface area contributed by atoms with Crippen LogP contribution in [0.5, 0.6) is 0 Å². The number of hydrogen-bond donors (Lipinski definition) is 1. The molecule has 1 aromatic rings. The van der Waals surface area contributed by atoms with Gasteiger partial charge in [-0.25, -0.2) is 9.78 Å². The van der Waals surface area contributed by atoms with E-state index in [9.17, 15) is 4.79 Å². The molecule has 5 nitrogen and oxygen atoms in total. The van der Waals surface area contributed by atoms with Gasteiger partial charge in [0.2, 0.25) is 0 Å². The van der Waals surface area contributed by atoms with Gasteiger partial charge < -0.3 is 15.0 Å². The van der Waals surface area contributed by atoms with Gasteiger partial charge in [-0.2, -0.15) is 0 Å². The first-order valence-electron chi connectivity index (χ1n) is 6.66. The second-order valence-electron chi connectivity index (χ2n) is 5.40. The van der Waals surface area contributed by atoms with E-state index >= 15 is 0 Å². The Morgan fingerprint density at radius 1 is 1.53 bits per heavy atom. The number of carbonyl (C=O) groups is 1. The van der Waals surface area contributed by atoms with Crippen molar-refractivity contribution in [1.29, 1.82) is 0 Å². The van der Waals surface area contributed by atoms with Gasteiger partial charge in [-0.15, -0.1) is 0 Å². The van der Waals surface area contributed by atoms with Crippen molar-refractivity contribution in [1.82, 2.24) is 10.3 Å². The van der Waals surface area contributed by atoms with E-state index in [2.05, 4.69) is 15.2 Å². The minimum absolute atomic E-state index is 0.307. The Morgan fingerprint density at radius 3 is 2.84 bits per heavy atom. The van der Waals surface area contributed by atoms with Crippen molar-refractivity contribution in [2.45, 2.75) is 32.4 Å². The molecule has 3 rings (SSSR count). The Hall–Kier alpha value is -1.62. The van der Waals surface area contributed by atoms with E-state index in [4.69, 9.17) is 4.74 Å². The minimum atomic E-state index is -0.307. The number of esters is 1. The quantitative estimate of drug-likeness (QED) is 0.806. The number of rotatable bonds is 2. The second-order valence-corrected chi connectivity index (χ2v) is 5.40. The van der Waals surface area contributed by atoms with E-state index in [1.165, 1.54) is 13.5 Å². The van der Waals surface area contributed by atoms with Crippen LogP contribution in [0.15, 0.2) is 6.07 Å². The van der Waals surface area contributed by atoms with E-state index in [0.717, 1.165) is 30.2 Å². The van der Waals surface area contributed by atoms with Crippen LogP contribution in [0.1, 0.15) is 28.0 Å². The summed E-state index contributed by atoms with van der Waals surface area (Å²) < 4.78 is 4.81. The summed E-state index contributed by atoms with van der Waals surface area (Å²) in [7, 11) is 1.40. The van der Waals surface area contributed by atoms with Gasteiger partial charge in [0.1, 0.15) is 5.82 Å². The average molecular weight is 261 g/mol. The molecule has 2 aliphatic rings. The molecule has 2 fully saturated rings. The molecule has 0 aromatic carbocycles. The van der Waals surface area contributed by atoms with Crippen LogP contribution >= 0.6 is 0 Å².